The highest BCUT2D eigenvalue weighted by Gasteiger charge is 2.30. The quantitative estimate of drug-likeness (QED) is 0.861. The average Bonchev–Trinajstić information content (AvgIpc) is 2.16. The van der Waals surface area contributed by atoms with Crippen LogP contribution in [0.15, 0.2) is 16.7 Å². The number of hydrogen-bond donors (Lipinski definition) is 1. The fourth-order valence-corrected chi connectivity index (χ4v) is 1.59. The molecule has 0 fully saturated rings. The molecule has 1 rings (SSSR count). The molecule has 1 aromatic heterocycles. The lowest BCUT2D eigenvalue weighted by molar-refractivity contribution is -0.142. The largest absolute Gasteiger partial charge is 0.469 e. The number of esters is 1. The van der Waals surface area contributed by atoms with Crippen LogP contribution < -0.4 is 5.73 Å². The van der Waals surface area contributed by atoms with Gasteiger partial charge in [0, 0.05) is 10.7 Å². The van der Waals surface area contributed by atoms with Crippen LogP contribution in [0.3, 0.4) is 0 Å². The third-order valence-electron chi connectivity index (χ3n) is 2.09. The van der Waals surface area contributed by atoms with E-state index in [2.05, 4.69) is 25.7 Å². The van der Waals surface area contributed by atoms with Crippen molar-refractivity contribution in [2.45, 2.75) is 18.9 Å². The average molecular weight is 291 g/mol. The zero-order chi connectivity index (χ0) is 12.3. The fraction of sp³-hybridized carbons (Fsp3) is 0.400. The maximum absolute atomic E-state index is 13.6. The molecular weight excluding hydrogens is 279 g/mol. The lowest BCUT2D eigenvalue weighted by Crippen LogP contribution is -2.37. The summed E-state index contributed by atoms with van der Waals surface area (Å²) >= 11 is 3.09. The molecule has 1 atom stereocenters. The summed E-state index contributed by atoms with van der Waals surface area (Å²) in [5, 5.41) is 0. The van der Waals surface area contributed by atoms with E-state index in [9.17, 15) is 9.18 Å². The summed E-state index contributed by atoms with van der Waals surface area (Å²) < 4.78 is 18.6. The molecule has 0 unspecified atom stereocenters. The summed E-state index contributed by atoms with van der Waals surface area (Å²) in [6, 6.07) is 1.25. The number of hydrogen-bond acceptors (Lipinski definition) is 4. The second kappa shape index (κ2) is 4.88. The molecule has 88 valence electrons. The van der Waals surface area contributed by atoms with E-state index >= 15 is 0 Å². The molecule has 0 radical (unpaired) electrons. The molecule has 6 heteroatoms. The Morgan fingerprint density at radius 1 is 1.75 bits per heavy atom. The summed E-state index contributed by atoms with van der Waals surface area (Å²) in [4.78, 5) is 15.0. The van der Waals surface area contributed by atoms with Crippen LogP contribution in [-0.2, 0) is 15.1 Å². The van der Waals surface area contributed by atoms with Crippen LogP contribution in [0.5, 0.6) is 0 Å². The SMILES string of the molecule is COC(=O)C[C@@](C)(N)c1ncc(Br)cc1F. The van der Waals surface area contributed by atoms with E-state index in [1.165, 1.54) is 26.3 Å². The van der Waals surface area contributed by atoms with E-state index in [1.807, 2.05) is 0 Å². The number of halogens is 2. The van der Waals surface area contributed by atoms with E-state index in [0.29, 0.717) is 4.47 Å². The summed E-state index contributed by atoms with van der Waals surface area (Å²) in [6.07, 6.45) is 1.30. The summed E-state index contributed by atoms with van der Waals surface area (Å²) in [7, 11) is 1.25. The molecule has 16 heavy (non-hydrogen) atoms. The van der Waals surface area contributed by atoms with E-state index in [4.69, 9.17) is 5.73 Å². The first-order chi connectivity index (χ1) is 7.36. The fourth-order valence-electron chi connectivity index (χ4n) is 1.29. The molecule has 0 aliphatic rings. The number of carbonyl (C=O) groups excluding carboxylic acids is 1. The van der Waals surface area contributed by atoms with Gasteiger partial charge < -0.3 is 10.5 Å². The van der Waals surface area contributed by atoms with Crippen LogP contribution in [0.25, 0.3) is 0 Å². The van der Waals surface area contributed by atoms with Gasteiger partial charge in [-0.25, -0.2) is 4.39 Å². The molecule has 4 nitrogen and oxygen atoms in total. The molecule has 0 aliphatic heterocycles. The Labute approximate surface area is 101 Å². The lowest BCUT2D eigenvalue weighted by Gasteiger charge is -2.22. The Kier molecular flexibility index (Phi) is 3.98. The number of carbonyl (C=O) groups is 1. The Bertz CT molecular complexity index is 410. The Hall–Kier alpha value is -1.01. The Balaban J connectivity index is 3.02. The third kappa shape index (κ3) is 2.99. The number of aromatic nitrogens is 1. The number of ether oxygens (including phenoxy) is 1. The monoisotopic (exact) mass is 290 g/mol. The molecule has 0 aliphatic carbocycles. The number of rotatable bonds is 3. The molecule has 0 saturated carbocycles. The molecule has 1 heterocycles. The van der Waals surface area contributed by atoms with Gasteiger partial charge in [-0.1, -0.05) is 0 Å². The highest BCUT2D eigenvalue weighted by atomic mass is 79.9. The molecule has 0 saturated heterocycles. The highest BCUT2D eigenvalue weighted by Crippen LogP contribution is 2.24. The van der Waals surface area contributed by atoms with Gasteiger partial charge >= 0.3 is 5.97 Å². The van der Waals surface area contributed by atoms with Crippen molar-refractivity contribution in [1.29, 1.82) is 0 Å². The Morgan fingerprint density at radius 2 is 2.38 bits per heavy atom. The summed E-state index contributed by atoms with van der Waals surface area (Å²) in [5.41, 5.74) is 4.71. The minimum Gasteiger partial charge on any atom is -0.469 e. The smallest absolute Gasteiger partial charge is 0.307 e. The van der Waals surface area contributed by atoms with E-state index in [-0.39, 0.29) is 12.1 Å². The minimum atomic E-state index is -1.18. The highest BCUT2D eigenvalue weighted by molar-refractivity contribution is 9.10. The maximum atomic E-state index is 13.6. The Morgan fingerprint density at radius 3 is 2.88 bits per heavy atom. The van der Waals surface area contributed by atoms with Crippen molar-refractivity contribution in [1.82, 2.24) is 4.98 Å². The van der Waals surface area contributed by atoms with Crippen molar-refractivity contribution in [3.05, 3.63) is 28.2 Å². The zero-order valence-electron chi connectivity index (χ0n) is 8.96. The van der Waals surface area contributed by atoms with Crippen molar-refractivity contribution in [2.75, 3.05) is 7.11 Å². The summed E-state index contributed by atoms with van der Waals surface area (Å²) in [6.45, 7) is 1.53. The second-order valence-electron chi connectivity index (χ2n) is 3.65. The lowest BCUT2D eigenvalue weighted by atomic mass is 9.94. The van der Waals surface area contributed by atoms with Crippen LogP contribution in [0.1, 0.15) is 19.0 Å². The zero-order valence-corrected chi connectivity index (χ0v) is 10.5. The van der Waals surface area contributed by atoms with Crippen LogP contribution >= 0.6 is 15.9 Å². The second-order valence-corrected chi connectivity index (χ2v) is 4.57. The first-order valence-electron chi connectivity index (χ1n) is 4.54. The molecule has 1 aromatic rings. The molecule has 0 amide bonds. The maximum Gasteiger partial charge on any atom is 0.307 e. The van der Waals surface area contributed by atoms with Gasteiger partial charge in [0.15, 0.2) is 0 Å². The van der Waals surface area contributed by atoms with Gasteiger partial charge in [-0.05, 0) is 28.9 Å². The van der Waals surface area contributed by atoms with Gasteiger partial charge in [-0.15, -0.1) is 0 Å². The first kappa shape index (κ1) is 13.1. The van der Waals surface area contributed by atoms with Crippen molar-refractivity contribution >= 4 is 21.9 Å². The summed E-state index contributed by atoms with van der Waals surface area (Å²) in [5.74, 6) is -1.06. The van der Waals surface area contributed by atoms with E-state index < -0.39 is 17.3 Å². The minimum absolute atomic E-state index is 0.0427. The van der Waals surface area contributed by atoms with Gasteiger partial charge in [0.25, 0.3) is 0 Å². The first-order valence-corrected chi connectivity index (χ1v) is 5.33. The number of methoxy groups -OCH3 is 1. The van der Waals surface area contributed by atoms with Gasteiger partial charge in [-0.3, -0.25) is 9.78 Å². The van der Waals surface area contributed by atoms with Crippen LogP contribution in [0.4, 0.5) is 4.39 Å². The van der Waals surface area contributed by atoms with Crippen molar-refractivity contribution < 1.29 is 13.9 Å². The van der Waals surface area contributed by atoms with Gasteiger partial charge in [-0.2, -0.15) is 0 Å². The normalized spacial score (nSPS) is 14.3. The molecule has 0 spiro atoms. The van der Waals surface area contributed by atoms with Gasteiger partial charge in [0.1, 0.15) is 5.82 Å². The third-order valence-corrected chi connectivity index (χ3v) is 2.52. The number of pyridine rings is 1. The van der Waals surface area contributed by atoms with Crippen molar-refractivity contribution in [3.63, 3.8) is 0 Å². The predicted octanol–water partition coefficient (Wildman–Crippen LogP) is 1.72. The predicted molar refractivity (Wildman–Crippen MR) is 60.1 cm³/mol. The molecular formula is C10H12BrFN2O2. The standard InChI is InChI=1S/C10H12BrFN2O2/c1-10(13,4-8(15)16-2)9-7(12)3-6(11)5-14-9/h3,5H,4,13H2,1-2H3/t10-/m1/s1. The van der Waals surface area contributed by atoms with Crippen LogP contribution in [0.2, 0.25) is 0 Å². The molecule has 0 bridgehead atoms. The molecule has 0 aromatic carbocycles. The number of nitrogens with zero attached hydrogens (tertiary/aromatic N) is 1. The molecule has 2 N–H and O–H groups in total. The van der Waals surface area contributed by atoms with E-state index in [1.54, 1.807) is 0 Å². The van der Waals surface area contributed by atoms with Crippen LogP contribution in [-0.4, -0.2) is 18.1 Å². The van der Waals surface area contributed by atoms with Crippen LogP contribution in [0, 0.1) is 5.82 Å². The van der Waals surface area contributed by atoms with E-state index in [0.717, 1.165) is 0 Å². The van der Waals surface area contributed by atoms with Gasteiger partial charge in [0.05, 0.1) is 24.8 Å². The topological polar surface area (TPSA) is 65.2 Å². The van der Waals surface area contributed by atoms with Crippen molar-refractivity contribution in [2.24, 2.45) is 5.73 Å². The van der Waals surface area contributed by atoms with Gasteiger partial charge in [0.2, 0.25) is 0 Å². The van der Waals surface area contributed by atoms with Crippen molar-refractivity contribution in [3.8, 4) is 0 Å². The number of nitrogens with two attached hydrogens (primary N) is 1.